The number of carbonyl (C=O) groups is 1. The molecular weight excluding hydrogens is 330 g/mol. The summed E-state index contributed by atoms with van der Waals surface area (Å²) in [4.78, 5) is 16.6. The number of aromatic nitrogens is 4. The maximum atomic E-state index is 12.2. The summed E-state index contributed by atoms with van der Waals surface area (Å²) in [6.07, 6.45) is 5.73. The van der Waals surface area contributed by atoms with Crippen LogP contribution in [0.1, 0.15) is 16.8 Å². The van der Waals surface area contributed by atoms with E-state index in [4.69, 9.17) is 4.74 Å². The molecule has 26 heavy (non-hydrogen) atoms. The standard InChI is InChI=1S/C19H17N5O2/c25-19(15-7-8-17-23-22-13-24(17)12-15)21-10-3-11-26-16-6-1-4-14-5-2-9-20-18(14)16/h1-2,4-9,12-13H,3,10-11H2,(H,21,25). The number of nitrogens with one attached hydrogen (secondary N) is 1. The summed E-state index contributed by atoms with van der Waals surface area (Å²) in [7, 11) is 0. The topological polar surface area (TPSA) is 81.4 Å². The molecule has 0 spiro atoms. The Morgan fingerprint density at radius 2 is 2.08 bits per heavy atom. The summed E-state index contributed by atoms with van der Waals surface area (Å²) in [6, 6.07) is 13.3. The Hall–Kier alpha value is -3.48. The minimum absolute atomic E-state index is 0.132. The van der Waals surface area contributed by atoms with Crippen molar-refractivity contribution in [2.45, 2.75) is 6.42 Å². The van der Waals surface area contributed by atoms with Crippen LogP contribution < -0.4 is 10.1 Å². The van der Waals surface area contributed by atoms with E-state index >= 15 is 0 Å². The molecule has 3 heterocycles. The molecule has 4 rings (SSSR count). The highest BCUT2D eigenvalue weighted by Crippen LogP contribution is 2.22. The van der Waals surface area contributed by atoms with Crippen LogP contribution in [0.25, 0.3) is 16.6 Å². The molecule has 1 aromatic carbocycles. The van der Waals surface area contributed by atoms with Crippen LogP contribution in [0, 0.1) is 0 Å². The highest BCUT2D eigenvalue weighted by Gasteiger charge is 2.07. The third-order valence-electron chi connectivity index (χ3n) is 4.01. The van der Waals surface area contributed by atoms with E-state index in [0.29, 0.717) is 30.8 Å². The molecule has 130 valence electrons. The molecule has 0 unspecified atom stereocenters. The Balaban J connectivity index is 1.29. The number of para-hydroxylation sites is 1. The number of pyridine rings is 2. The SMILES string of the molecule is O=C(NCCCOc1cccc2cccnc12)c1ccc2nncn2c1. The van der Waals surface area contributed by atoms with Gasteiger partial charge in [0.05, 0.1) is 12.2 Å². The van der Waals surface area contributed by atoms with E-state index in [9.17, 15) is 4.79 Å². The first-order valence-corrected chi connectivity index (χ1v) is 8.35. The fourth-order valence-electron chi connectivity index (χ4n) is 2.71. The second-order valence-electron chi connectivity index (χ2n) is 5.80. The molecule has 1 amide bonds. The van der Waals surface area contributed by atoms with Crippen molar-refractivity contribution in [1.82, 2.24) is 24.9 Å². The molecule has 7 heteroatoms. The fourth-order valence-corrected chi connectivity index (χ4v) is 2.71. The predicted molar refractivity (Wildman–Crippen MR) is 97.2 cm³/mol. The molecule has 3 aromatic heterocycles. The highest BCUT2D eigenvalue weighted by atomic mass is 16.5. The van der Waals surface area contributed by atoms with Crippen molar-refractivity contribution in [2.75, 3.05) is 13.2 Å². The highest BCUT2D eigenvalue weighted by molar-refractivity contribution is 5.94. The van der Waals surface area contributed by atoms with Crippen LogP contribution in [0.4, 0.5) is 0 Å². The van der Waals surface area contributed by atoms with Crippen molar-refractivity contribution in [3.63, 3.8) is 0 Å². The third-order valence-corrected chi connectivity index (χ3v) is 4.01. The van der Waals surface area contributed by atoms with Gasteiger partial charge in [0, 0.05) is 24.3 Å². The Bertz CT molecular complexity index is 1050. The van der Waals surface area contributed by atoms with Crippen LogP contribution >= 0.6 is 0 Å². The third kappa shape index (κ3) is 3.32. The quantitative estimate of drug-likeness (QED) is 0.542. The van der Waals surface area contributed by atoms with Gasteiger partial charge in [-0.2, -0.15) is 0 Å². The molecule has 0 bridgehead atoms. The number of nitrogens with zero attached hydrogens (tertiary/aromatic N) is 4. The molecule has 0 fully saturated rings. The predicted octanol–water partition coefficient (Wildman–Crippen LogP) is 2.48. The first-order chi connectivity index (χ1) is 12.8. The first kappa shape index (κ1) is 16.0. The second kappa shape index (κ2) is 7.18. The molecule has 0 aliphatic heterocycles. The minimum atomic E-state index is -0.132. The summed E-state index contributed by atoms with van der Waals surface area (Å²) in [5.41, 5.74) is 2.12. The van der Waals surface area contributed by atoms with Gasteiger partial charge >= 0.3 is 0 Å². The summed E-state index contributed by atoms with van der Waals surface area (Å²) >= 11 is 0. The molecular formula is C19H17N5O2. The second-order valence-corrected chi connectivity index (χ2v) is 5.80. The molecule has 4 aromatic rings. The molecule has 0 aliphatic carbocycles. The summed E-state index contributed by atoms with van der Waals surface area (Å²) < 4.78 is 7.53. The minimum Gasteiger partial charge on any atom is -0.491 e. The van der Waals surface area contributed by atoms with Gasteiger partial charge in [0.15, 0.2) is 5.65 Å². The molecule has 0 radical (unpaired) electrons. The van der Waals surface area contributed by atoms with Crippen molar-refractivity contribution in [1.29, 1.82) is 0 Å². The van der Waals surface area contributed by atoms with Crippen molar-refractivity contribution >= 4 is 22.5 Å². The van der Waals surface area contributed by atoms with Gasteiger partial charge in [0.25, 0.3) is 5.91 Å². The molecule has 0 aliphatic rings. The van der Waals surface area contributed by atoms with E-state index in [0.717, 1.165) is 16.7 Å². The van der Waals surface area contributed by atoms with E-state index in [-0.39, 0.29) is 5.91 Å². The maximum absolute atomic E-state index is 12.2. The van der Waals surface area contributed by atoms with Crippen LogP contribution in [0.5, 0.6) is 5.75 Å². The normalized spacial score (nSPS) is 10.9. The lowest BCUT2D eigenvalue weighted by molar-refractivity contribution is 0.0951. The van der Waals surface area contributed by atoms with E-state index < -0.39 is 0 Å². The van der Waals surface area contributed by atoms with Crippen LogP contribution in [-0.4, -0.2) is 38.6 Å². The van der Waals surface area contributed by atoms with Gasteiger partial charge in [0.2, 0.25) is 0 Å². The van der Waals surface area contributed by atoms with E-state index in [1.807, 2.05) is 30.3 Å². The monoisotopic (exact) mass is 347 g/mol. The first-order valence-electron chi connectivity index (χ1n) is 8.35. The summed E-state index contributed by atoms with van der Waals surface area (Å²) in [6.45, 7) is 1.03. The van der Waals surface area contributed by atoms with Gasteiger partial charge in [0.1, 0.15) is 17.6 Å². The van der Waals surface area contributed by atoms with Crippen molar-refractivity contribution in [2.24, 2.45) is 0 Å². The van der Waals surface area contributed by atoms with Gasteiger partial charge < -0.3 is 10.1 Å². The zero-order chi connectivity index (χ0) is 17.8. The van der Waals surface area contributed by atoms with Crippen molar-refractivity contribution < 1.29 is 9.53 Å². The number of ether oxygens (including phenoxy) is 1. The summed E-state index contributed by atoms with van der Waals surface area (Å²) in [5, 5.41) is 11.6. The number of amides is 1. The zero-order valence-electron chi connectivity index (χ0n) is 14.0. The Labute approximate surface area is 149 Å². The van der Waals surface area contributed by atoms with Gasteiger partial charge in [-0.3, -0.25) is 14.2 Å². The lowest BCUT2D eigenvalue weighted by Gasteiger charge is -2.09. The van der Waals surface area contributed by atoms with E-state index in [1.54, 1.807) is 35.3 Å². The number of benzene rings is 1. The molecule has 0 atom stereocenters. The Morgan fingerprint density at radius 3 is 3.04 bits per heavy atom. The van der Waals surface area contributed by atoms with Gasteiger partial charge in [-0.05, 0) is 30.7 Å². The van der Waals surface area contributed by atoms with E-state index in [2.05, 4.69) is 20.5 Å². The van der Waals surface area contributed by atoms with E-state index in [1.165, 1.54) is 0 Å². The molecule has 0 saturated heterocycles. The van der Waals surface area contributed by atoms with Crippen LogP contribution in [0.2, 0.25) is 0 Å². The van der Waals surface area contributed by atoms with Crippen LogP contribution in [-0.2, 0) is 0 Å². The Kier molecular flexibility index (Phi) is 4.42. The number of hydrogen-bond acceptors (Lipinski definition) is 5. The number of fused-ring (bicyclic) bond motifs is 2. The average molecular weight is 347 g/mol. The zero-order valence-corrected chi connectivity index (χ0v) is 14.0. The smallest absolute Gasteiger partial charge is 0.252 e. The lowest BCUT2D eigenvalue weighted by Crippen LogP contribution is -2.25. The van der Waals surface area contributed by atoms with Crippen LogP contribution in [0.3, 0.4) is 0 Å². The van der Waals surface area contributed by atoms with Gasteiger partial charge in [-0.15, -0.1) is 10.2 Å². The van der Waals surface area contributed by atoms with Crippen molar-refractivity contribution in [3.8, 4) is 5.75 Å². The number of hydrogen-bond donors (Lipinski definition) is 1. The maximum Gasteiger partial charge on any atom is 0.252 e. The lowest BCUT2D eigenvalue weighted by atomic mass is 10.2. The molecule has 0 saturated carbocycles. The van der Waals surface area contributed by atoms with Crippen LogP contribution in [0.15, 0.2) is 61.2 Å². The van der Waals surface area contributed by atoms with Crippen molar-refractivity contribution in [3.05, 3.63) is 66.7 Å². The number of carbonyl (C=O) groups excluding carboxylic acids is 1. The van der Waals surface area contributed by atoms with Gasteiger partial charge in [-0.1, -0.05) is 18.2 Å². The van der Waals surface area contributed by atoms with Gasteiger partial charge in [-0.25, -0.2) is 0 Å². The average Bonchev–Trinajstić information content (AvgIpc) is 3.15. The largest absolute Gasteiger partial charge is 0.491 e. The Morgan fingerprint density at radius 1 is 1.15 bits per heavy atom. The molecule has 7 nitrogen and oxygen atoms in total. The fraction of sp³-hybridized carbons (Fsp3) is 0.158. The summed E-state index contributed by atoms with van der Waals surface area (Å²) in [5.74, 6) is 0.625. The molecule has 1 N–H and O–H groups in total. The number of rotatable bonds is 6.